The number of rotatable bonds is 4. The summed E-state index contributed by atoms with van der Waals surface area (Å²) >= 11 is 0. The van der Waals surface area contributed by atoms with E-state index >= 15 is 0 Å². The van der Waals surface area contributed by atoms with Crippen LogP contribution in [0.4, 0.5) is 5.69 Å². The van der Waals surface area contributed by atoms with E-state index in [4.69, 9.17) is 0 Å². The third-order valence-electron chi connectivity index (χ3n) is 3.96. The minimum Gasteiger partial charge on any atom is -0.340 e. The second-order valence-electron chi connectivity index (χ2n) is 5.29. The van der Waals surface area contributed by atoms with E-state index in [0.29, 0.717) is 6.04 Å². The van der Waals surface area contributed by atoms with E-state index in [9.17, 15) is 10.1 Å². The number of hydrogen-bond acceptors (Lipinski definition) is 2. The molecule has 4 nitrogen and oxygen atoms in total. The van der Waals surface area contributed by atoms with Crippen LogP contribution in [0.3, 0.4) is 0 Å². The Balaban J connectivity index is 1.93. The highest BCUT2D eigenvalue weighted by atomic mass is 16.6. The Kier molecular flexibility index (Phi) is 4.31. The van der Waals surface area contributed by atoms with Gasteiger partial charge in [-0.3, -0.25) is 10.1 Å². The molecule has 0 amide bonds. The standard InChI is InChI=1S/C14H20N2O2/c1-11-5-2-3-8-14(11)15-10-12-6-4-7-13(9-12)16(17)18/h4,6-7,9,11,14-15H,2-3,5,8,10H2,1H3/p+1/t11-,14+/m0/s1. The van der Waals surface area contributed by atoms with Crippen LogP contribution in [0.5, 0.6) is 0 Å². The fraction of sp³-hybridized carbons (Fsp3) is 0.571. The molecule has 0 aliphatic heterocycles. The summed E-state index contributed by atoms with van der Waals surface area (Å²) < 4.78 is 0. The first-order valence-corrected chi connectivity index (χ1v) is 6.73. The first-order valence-electron chi connectivity index (χ1n) is 6.73. The number of nitrogens with zero attached hydrogens (tertiary/aromatic N) is 1. The first-order chi connectivity index (χ1) is 8.66. The van der Waals surface area contributed by atoms with Crippen molar-refractivity contribution in [3.8, 4) is 0 Å². The second kappa shape index (κ2) is 5.96. The van der Waals surface area contributed by atoms with Gasteiger partial charge in [0.2, 0.25) is 0 Å². The minimum atomic E-state index is -0.327. The summed E-state index contributed by atoms with van der Waals surface area (Å²) in [5.41, 5.74) is 1.24. The Bertz CT molecular complexity index is 420. The molecule has 4 heteroatoms. The zero-order valence-corrected chi connectivity index (χ0v) is 10.8. The minimum absolute atomic E-state index is 0.192. The third kappa shape index (κ3) is 3.29. The number of benzene rings is 1. The molecule has 2 atom stereocenters. The SMILES string of the molecule is C[C@H]1CCCC[C@H]1[NH2+]Cc1cccc([N+](=O)[O-])c1. The number of non-ortho nitro benzene ring substituents is 1. The van der Waals surface area contributed by atoms with Crippen molar-refractivity contribution in [1.29, 1.82) is 0 Å². The number of nitro benzene ring substituents is 1. The molecular weight excluding hydrogens is 228 g/mol. The summed E-state index contributed by atoms with van der Waals surface area (Å²) in [4.78, 5) is 10.4. The van der Waals surface area contributed by atoms with Gasteiger partial charge in [0, 0.05) is 23.6 Å². The Morgan fingerprint density at radius 2 is 2.17 bits per heavy atom. The zero-order valence-electron chi connectivity index (χ0n) is 10.8. The van der Waals surface area contributed by atoms with E-state index in [-0.39, 0.29) is 10.6 Å². The van der Waals surface area contributed by atoms with E-state index in [2.05, 4.69) is 12.2 Å². The van der Waals surface area contributed by atoms with Crippen LogP contribution in [0, 0.1) is 16.0 Å². The molecule has 1 aliphatic rings. The topological polar surface area (TPSA) is 59.8 Å². The first kappa shape index (κ1) is 13.0. The summed E-state index contributed by atoms with van der Waals surface area (Å²) in [5.74, 6) is 0.762. The Hall–Kier alpha value is -1.42. The summed E-state index contributed by atoms with van der Waals surface area (Å²) in [6, 6.07) is 7.65. The van der Waals surface area contributed by atoms with Crippen molar-refractivity contribution in [3.63, 3.8) is 0 Å². The smallest absolute Gasteiger partial charge is 0.269 e. The molecular formula is C14H21N2O2+. The van der Waals surface area contributed by atoms with Gasteiger partial charge in [-0.1, -0.05) is 25.5 Å². The maximum absolute atomic E-state index is 10.7. The predicted octanol–water partition coefficient (Wildman–Crippen LogP) is 2.24. The molecule has 1 saturated carbocycles. The monoisotopic (exact) mass is 249 g/mol. The molecule has 1 fully saturated rings. The maximum Gasteiger partial charge on any atom is 0.269 e. The van der Waals surface area contributed by atoms with Crippen LogP contribution in [-0.2, 0) is 6.54 Å². The van der Waals surface area contributed by atoms with E-state index in [1.165, 1.54) is 25.7 Å². The van der Waals surface area contributed by atoms with Gasteiger partial charge in [0.05, 0.1) is 11.0 Å². The molecule has 0 unspecified atom stereocenters. The van der Waals surface area contributed by atoms with E-state index in [1.54, 1.807) is 18.2 Å². The van der Waals surface area contributed by atoms with Gasteiger partial charge in [0.15, 0.2) is 0 Å². The van der Waals surface area contributed by atoms with Gasteiger partial charge in [0.25, 0.3) is 5.69 Å². The van der Waals surface area contributed by atoms with Crippen molar-refractivity contribution in [2.75, 3.05) is 0 Å². The highest BCUT2D eigenvalue weighted by molar-refractivity contribution is 5.33. The van der Waals surface area contributed by atoms with Crippen molar-refractivity contribution >= 4 is 5.69 Å². The Morgan fingerprint density at radius 1 is 1.39 bits per heavy atom. The van der Waals surface area contributed by atoms with Gasteiger partial charge in [-0.15, -0.1) is 0 Å². The molecule has 98 valence electrons. The highest BCUT2D eigenvalue weighted by Crippen LogP contribution is 2.21. The van der Waals surface area contributed by atoms with Crippen LogP contribution < -0.4 is 5.32 Å². The molecule has 0 spiro atoms. The second-order valence-corrected chi connectivity index (χ2v) is 5.29. The number of nitro groups is 1. The number of hydrogen-bond donors (Lipinski definition) is 1. The molecule has 0 saturated heterocycles. The lowest BCUT2D eigenvalue weighted by Gasteiger charge is -2.26. The summed E-state index contributed by atoms with van der Waals surface area (Å²) in [6.45, 7) is 3.16. The molecule has 2 rings (SSSR count). The fourth-order valence-electron chi connectivity index (χ4n) is 2.78. The van der Waals surface area contributed by atoms with Crippen LogP contribution >= 0.6 is 0 Å². The number of nitrogens with two attached hydrogens (primary N) is 1. The van der Waals surface area contributed by atoms with Crippen LogP contribution in [0.15, 0.2) is 24.3 Å². The zero-order chi connectivity index (χ0) is 13.0. The quantitative estimate of drug-likeness (QED) is 0.657. The van der Waals surface area contributed by atoms with Gasteiger partial charge in [0.1, 0.15) is 6.54 Å². The van der Waals surface area contributed by atoms with Crippen LogP contribution in [0.1, 0.15) is 38.2 Å². The van der Waals surface area contributed by atoms with Crippen LogP contribution in [0.25, 0.3) is 0 Å². The van der Waals surface area contributed by atoms with E-state index in [1.807, 2.05) is 6.07 Å². The Morgan fingerprint density at radius 3 is 2.89 bits per heavy atom. The lowest BCUT2D eigenvalue weighted by atomic mass is 9.86. The van der Waals surface area contributed by atoms with Crippen LogP contribution in [-0.4, -0.2) is 11.0 Å². The van der Waals surface area contributed by atoms with Crippen molar-refractivity contribution in [3.05, 3.63) is 39.9 Å². The molecule has 1 aromatic carbocycles. The lowest BCUT2D eigenvalue weighted by Crippen LogP contribution is -2.90. The molecule has 1 aliphatic carbocycles. The van der Waals surface area contributed by atoms with Gasteiger partial charge >= 0.3 is 0 Å². The van der Waals surface area contributed by atoms with E-state index < -0.39 is 0 Å². The predicted molar refractivity (Wildman–Crippen MR) is 70.1 cm³/mol. The molecule has 0 bridgehead atoms. The van der Waals surface area contributed by atoms with Gasteiger partial charge in [-0.2, -0.15) is 0 Å². The molecule has 0 aromatic heterocycles. The molecule has 2 N–H and O–H groups in total. The maximum atomic E-state index is 10.7. The average Bonchev–Trinajstić information content (AvgIpc) is 2.38. The van der Waals surface area contributed by atoms with Crippen molar-refractivity contribution in [1.82, 2.24) is 0 Å². The number of quaternary nitrogens is 1. The van der Waals surface area contributed by atoms with Gasteiger partial charge in [-0.25, -0.2) is 0 Å². The summed E-state index contributed by atoms with van der Waals surface area (Å²) in [6.07, 6.45) is 5.26. The molecule has 0 heterocycles. The van der Waals surface area contributed by atoms with Crippen molar-refractivity contribution in [2.45, 2.75) is 45.2 Å². The molecule has 0 radical (unpaired) electrons. The fourth-order valence-corrected chi connectivity index (χ4v) is 2.78. The summed E-state index contributed by atoms with van der Waals surface area (Å²) in [7, 11) is 0. The van der Waals surface area contributed by atoms with Crippen LogP contribution in [0.2, 0.25) is 0 Å². The third-order valence-corrected chi connectivity index (χ3v) is 3.96. The van der Waals surface area contributed by atoms with Crippen molar-refractivity contribution in [2.24, 2.45) is 5.92 Å². The molecule has 18 heavy (non-hydrogen) atoms. The van der Waals surface area contributed by atoms with Crippen molar-refractivity contribution < 1.29 is 10.2 Å². The lowest BCUT2D eigenvalue weighted by molar-refractivity contribution is -0.712. The van der Waals surface area contributed by atoms with E-state index in [0.717, 1.165) is 18.0 Å². The largest absolute Gasteiger partial charge is 0.340 e. The average molecular weight is 249 g/mol. The normalized spacial score (nSPS) is 23.8. The molecule has 1 aromatic rings. The summed E-state index contributed by atoms with van der Waals surface area (Å²) in [5, 5.41) is 13.1. The highest BCUT2D eigenvalue weighted by Gasteiger charge is 2.23. The Labute approximate surface area is 108 Å². The van der Waals surface area contributed by atoms with Gasteiger partial charge in [-0.05, 0) is 19.3 Å². The van der Waals surface area contributed by atoms with Gasteiger partial charge < -0.3 is 5.32 Å².